The van der Waals surface area contributed by atoms with Crippen LogP contribution in [0.15, 0.2) is 24.4 Å². The maximum absolute atomic E-state index is 5.83. The topological polar surface area (TPSA) is 34.1 Å². The molecule has 19 heavy (non-hydrogen) atoms. The van der Waals surface area contributed by atoms with Gasteiger partial charge in [-0.25, -0.2) is 0 Å². The predicted molar refractivity (Wildman–Crippen MR) is 81.4 cm³/mol. The molecule has 1 aliphatic carbocycles. The quantitative estimate of drug-likeness (QED) is 0.908. The number of halogens is 2. The van der Waals surface area contributed by atoms with Crippen molar-refractivity contribution in [1.82, 2.24) is 10.3 Å². The first-order valence-corrected chi connectivity index (χ1v) is 6.63. The van der Waals surface area contributed by atoms with Gasteiger partial charge >= 0.3 is 0 Å². The summed E-state index contributed by atoms with van der Waals surface area (Å²) in [6.45, 7) is 3.94. The molecule has 2 aliphatic rings. The van der Waals surface area contributed by atoms with Crippen molar-refractivity contribution in [3.8, 4) is 0 Å². The van der Waals surface area contributed by atoms with Crippen LogP contribution in [0.1, 0.15) is 24.5 Å². The summed E-state index contributed by atoms with van der Waals surface area (Å²) >= 11 is 0. The van der Waals surface area contributed by atoms with E-state index < -0.39 is 0 Å². The smallest absolute Gasteiger partial charge is 0.0513 e. The Hall–Kier alpha value is -0.350. The second kappa shape index (κ2) is 8.05. The van der Waals surface area contributed by atoms with Gasteiger partial charge in [-0.15, -0.1) is 24.8 Å². The lowest BCUT2D eigenvalue weighted by atomic mass is 9.93. The molecule has 2 atom stereocenters. The summed E-state index contributed by atoms with van der Waals surface area (Å²) in [5, 5.41) is 3.45. The van der Waals surface area contributed by atoms with Crippen LogP contribution in [-0.4, -0.2) is 31.3 Å². The van der Waals surface area contributed by atoms with Crippen LogP contribution >= 0.6 is 24.8 Å². The van der Waals surface area contributed by atoms with E-state index in [0.717, 1.165) is 32.2 Å². The van der Waals surface area contributed by atoms with Crippen molar-refractivity contribution in [3.05, 3.63) is 30.1 Å². The molecular weight excluding hydrogens is 283 g/mol. The molecule has 2 heterocycles. The van der Waals surface area contributed by atoms with Crippen LogP contribution in [0.4, 0.5) is 0 Å². The van der Waals surface area contributed by atoms with Crippen LogP contribution in [0, 0.1) is 11.8 Å². The number of hydrogen-bond donors (Lipinski definition) is 1. The molecule has 1 aliphatic heterocycles. The third-order valence-electron chi connectivity index (χ3n) is 3.79. The predicted octanol–water partition coefficient (Wildman–Crippen LogP) is 2.65. The molecule has 1 aromatic rings. The van der Waals surface area contributed by atoms with Crippen LogP contribution in [0.3, 0.4) is 0 Å². The summed E-state index contributed by atoms with van der Waals surface area (Å²) in [4.78, 5) is 4.47. The number of rotatable bonds is 5. The fraction of sp³-hybridized carbons (Fsp3) is 0.643. The SMILES string of the molecule is Cl.Cl.c1ccc([C@@H]2CNC[C@H]2COCC2CC2)nc1. The Bertz CT molecular complexity index is 360. The highest BCUT2D eigenvalue weighted by Gasteiger charge is 2.30. The fourth-order valence-corrected chi connectivity index (χ4v) is 2.52. The molecule has 3 nitrogen and oxygen atoms in total. The van der Waals surface area contributed by atoms with E-state index in [2.05, 4.69) is 22.4 Å². The summed E-state index contributed by atoms with van der Waals surface area (Å²) in [6, 6.07) is 6.18. The van der Waals surface area contributed by atoms with Crippen LogP contribution in [-0.2, 0) is 4.74 Å². The number of nitrogens with zero attached hydrogens (tertiary/aromatic N) is 1. The normalized spacial score (nSPS) is 25.5. The van der Waals surface area contributed by atoms with E-state index in [-0.39, 0.29) is 24.8 Å². The lowest BCUT2D eigenvalue weighted by Gasteiger charge is -2.17. The number of aromatic nitrogens is 1. The number of hydrogen-bond acceptors (Lipinski definition) is 3. The van der Waals surface area contributed by atoms with Gasteiger partial charge in [0.25, 0.3) is 0 Å². The van der Waals surface area contributed by atoms with Gasteiger partial charge in [-0.05, 0) is 30.9 Å². The molecule has 108 valence electrons. The summed E-state index contributed by atoms with van der Waals surface area (Å²) < 4.78 is 5.83. The van der Waals surface area contributed by atoms with Gasteiger partial charge in [-0.1, -0.05) is 6.07 Å². The second-order valence-electron chi connectivity index (χ2n) is 5.26. The Kier molecular flexibility index (Phi) is 7.08. The van der Waals surface area contributed by atoms with Crippen molar-refractivity contribution in [1.29, 1.82) is 0 Å². The van der Waals surface area contributed by atoms with Crippen molar-refractivity contribution in [2.24, 2.45) is 11.8 Å². The molecule has 0 aromatic carbocycles. The van der Waals surface area contributed by atoms with Gasteiger partial charge in [0.15, 0.2) is 0 Å². The van der Waals surface area contributed by atoms with E-state index in [9.17, 15) is 0 Å². The minimum absolute atomic E-state index is 0. The molecule has 1 saturated heterocycles. The molecule has 2 fully saturated rings. The maximum Gasteiger partial charge on any atom is 0.0513 e. The third kappa shape index (κ3) is 4.60. The molecule has 3 rings (SSSR count). The van der Waals surface area contributed by atoms with Crippen LogP contribution < -0.4 is 5.32 Å². The summed E-state index contributed by atoms with van der Waals surface area (Å²) in [7, 11) is 0. The van der Waals surface area contributed by atoms with Gasteiger partial charge in [-0.2, -0.15) is 0 Å². The largest absolute Gasteiger partial charge is 0.381 e. The summed E-state index contributed by atoms with van der Waals surface area (Å²) in [6.07, 6.45) is 4.62. The Labute approximate surface area is 127 Å². The average molecular weight is 305 g/mol. The van der Waals surface area contributed by atoms with E-state index in [1.807, 2.05) is 12.3 Å². The lowest BCUT2D eigenvalue weighted by Crippen LogP contribution is -2.19. The van der Waals surface area contributed by atoms with E-state index in [1.54, 1.807) is 0 Å². The molecule has 1 N–H and O–H groups in total. The van der Waals surface area contributed by atoms with Gasteiger partial charge in [0.05, 0.1) is 6.61 Å². The number of pyridine rings is 1. The minimum Gasteiger partial charge on any atom is -0.381 e. The molecule has 5 heteroatoms. The Balaban J connectivity index is 0.000000902. The summed E-state index contributed by atoms with van der Waals surface area (Å²) in [5.41, 5.74) is 1.21. The van der Waals surface area contributed by atoms with Gasteiger partial charge in [0.2, 0.25) is 0 Å². The monoisotopic (exact) mass is 304 g/mol. The molecule has 0 bridgehead atoms. The van der Waals surface area contributed by atoms with E-state index in [1.165, 1.54) is 18.5 Å². The highest BCUT2D eigenvalue weighted by molar-refractivity contribution is 5.85. The van der Waals surface area contributed by atoms with Crippen molar-refractivity contribution in [2.45, 2.75) is 18.8 Å². The highest BCUT2D eigenvalue weighted by Crippen LogP contribution is 2.30. The molecule has 1 aromatic heterocycles. The van der Waals surface area contributed by atoms with Crippen molar-refractivity contribution < 1.29 is 4.74 Å². The average Bonchev–Trinajstić information content (AvgIpc) is 3.07. The van der Waals surface area contributed by atoms with Crippen LogP contribution in [0.2, 0.25) is 0 Å². The molecule has 1 saturated carbocycles. The zero-order valence-electron chi connectivity index (χ0n) is 11.0. The minimum atomic E-state index is 0. The van der Waals surface area contributed by atoms with E-state index in [4.69, 9.17) is 4.74 Å². The van der Waals surface area contributed by atoms with Crippen molar-refractivity contribution >= 4 is 24.8 Å². The first kappa shape index (κ1) is 16.7. The molecular formula is C14H22Cl2N2O. The maximum atomic E-state index is 5.83. The summed E-state index contributed by atoms with van der Waals surface area (Å²) in [5.74, 6) is 1.97. The fourth-order valence-electron chi connectivity index (χ4n) is 2.52. The first-order valence-electron chi connectivity index (χ1n) is 6.63. The van der Waals surface area contributed by atoms with E-state index in [0.29, 0.717) is 11.8 Å². The van der Waals surface area contributed by atoms with Crippen LogP contribution in [0.5, 0.6) is 0 Å². The first-order chi connectivity index (χ1) is 8.43. The molecule has 0 spiro atoms. The molecule has 0 unspecified atom stereocenters. The Morgan fingerprint density at radius 3 is 2.68 bits per heavy atom. The Morgan fingerprint density at radius 2 is 2.00 bits per heavy atom. The molecule has 0 radical (unpaired) electrons. The number of ether oxygens (including phenoxy) is 1. The van der Waals surface area contributed by atoms with Crippen molar-refractivity contribution in [2.75, 3.05) is 26.3 Å². The lowest BCUT2D eigenvalue weighted by molar-refractivity contribution is 0.0916. The zero-order chi connectivity index (χ0) is 11.5. The van der Waals surface area contributed by atoms with Gasteiger partial charge < -0.3 is 10.1 Å². The highest BCUT2D eigenvalue weighted by atomic mass is 35.5. The number of nitrogens with one attached hydrogen (secondary N) is 1. The van der Waals surface area contributed by atoms with Crippen molar-refractivity contribution in [3.63, 3.8) is 0 Å². The zero-order valence-corrected chi connectivity index (χ0v) is 12.6. The van der Waals surface area contributed by atoms with E-state index >= 15 is 0 Å². The van der Waals surface area contributed by atoms with Gasteiger partial charge in [0.1, 0.15) is 0 Å². The standard InChI is InChI=1S/C14H20N2O.2ClH/c1-2-6-16-14(3-1)13-8-15-7-12(13)10-17-9-11-4-5-11;;/h1-3,6,11-13,15H,4-5,7-10H2;2*1H/t12-,13+;;/m0../s1. The third-order valence-corrected chi connectivity index (χ3v) is 3.79. The molecule has 0 amide bonds. The second-order valence-corrected chi connectivity index (χ2v) is 5.26. The van der Waals surface area contributed by atoms with Crippen LogP contribution in [0.25, 0.3) is 0 Å². The Morgan fingerprint density at radius 1 is 1.16 bits per heavy atom. The van der Waals surface area contributed by atoms with Gasteiger partial charge in [0, 0.05) is 43.4 Å². The van der Waals surface area contributed by atoms with Gasteiger partial charge in [-0.3, -0.25) is 4.98 Å².